The number of carbonyl (C=O) groups is 1. The molecule has 0 amide bonds. The fraction of sp³-hybridized carbons (Fsp3) is 0.774. The molecular formula is C31H57NO2. The van der Waals surface area contributed by atoms with Crippen LogP contribution >= 0.6 is 0 Å². The van der Waals surface area contributed by atoms with E-state index < -0.39 is 5.97 Å². The summed E-state index contributed by atoms with van der Waals surface area (Å²) in [5.74, 6) is -1.05. The largest absolute Gasteiger partial charge is 0.545 e. The molecule has 1 aromatic rings. The van der Waals surface area contributed by atoms with Crippen molar-refractivity contribution in [2.45, 2.75) is 131 Å². The van der Waals surface area contributed by atoms with Gasteiger partial charge in [0.2, 0.25) is 0 Å². The van der Waals surface area contributed by atoms with Crippen molar-refractivity contribution in [1.82, 2.24) is 0 Å². The lowest BCUT2D eigenvalue weighted by atomic mass is 9.93. The van der Waals surface area contributed by atoms with Gasteiger partial charge in [0.05, 0.1) is 32.1 Å². The first kappa shape index (κ1) is 32.7. The van der Waals surface area contributed by atoms with Crippen LogP contribution in [0, 0.1) is 0 Å². The first-order valence-corrected chi connectivity index (χ1v) is 14.6. The van der Waals surface area contributed by atoms with Gasteiger partial charge in [-0.3, -0.25) is 0 Å². The normalized spacial score (nSPS) is 11.2. The van der Waals surface area contributed by atoms with Gasteiger partial charge in [-0.05, 0) is 62.5 Å². The molecule has 0 fully saturated rings. The fourth-order valence-corrected chi connectivity index (χ4v) is 4.72. The topological polar surface area (TPSA) is 40.1 Å². The summed E-state index contributed by atoms with van der Waals surface area (Å²) in [5.41, 5.74) is 2.55. The molecule has 0 aromatic heterocycles. The summed E-state index contributed by atoms with van der Waals surface area (Å²) in [6.45, 7) is 19.3. The summed E-state index contributed by atoms with van der Waals surface area (Å²) < 4.78 is 1.42. The predicted octanol–water partition coefficient (Wildman–Crippen LogP) is 7.74. The van der Waals surface area contributed by atoms with Crippen LogP contribution in [0.5, 0.6) is 0 Å². The van der Waals surface area contributed by atoms with Gasteiger partial charge in [0.15, 0.2) is 0 Å². The number of aryl methyl sites for hydroxylation is 1. The Hall–Kier alpha value is -1.35. The molecule has 3 heteroatoms. The number of unbranched alkanes of at least 4 members (excludes halogenated alkanes) is 6. The third kappa shape index (κ3) is 13.5. The predicted molar refractivity (Wildman–Crippen MR) is 147 cm³/mol. The van der Waals surface area contributed by atoms with Gasteiger partial charge < -0.3 is 14.4 Å². The van der Waals surface area contributed by atoms with Gasteiger partial charge in [-0.15, -0.1) is 0 Å². The molecule has 198 valence electrons. The Balaban J connectivity index is 0.000000641. The second kappa shape index (κ2) is 21.0. The number of carbonyl (C=O) groups excluding carboxylic acids is 1. The van der Waals surface area contributed by atoms with Gasteiger partial charge in [-0.1, -0.05) is 98.3 Å². The molecule has 1 aromatic carbocycles. The molecule has 0 aliphatic rings. The van der Waals surface area contributed by atoms with Crippen molar-refractivity contribution in [3.63, 3.8) is 0 Å². The molecule has 0 N–H and O–H groups in total. The van der Waals surface area contributed by atoms with E-state index in [9.17, 15) is 9.90 Å². The number of hydrogen-bond acceptors (Lipinski definition) is 2. The number of carboxylic acid groups (broad SMARTS) is 1. The van der Waals surface area contributed by atoms with E-state index in [-0.39, 0.29) is 0 Å². The van der Waals surface area contributed by atoms with E-state index in [2.05, 4.69) is 41.5 Å². The molecule has 3 nitrogen and oxygen atoms in total. The van der Waals surface area contributed by atoms with E-state index in [1.165, 1.54) is 87.6 Å². The molecule has 0 spiro atoms. The maximum Gasteiger partial charge on any atom is 0.0786 e. The summed E-state index contributed by atoms with van der Waals surface area (Å²) in [7, 11) is 0. The van der Waals surface area contributed by atoms with E-state index in [1.54, 1.807) is 6.07 Å². The summed E-state index contributed by atoms with van der Waals surface area (Å²) in [5, 5.41) is 11.1. The Morgan fingerprint density at radius 1 is 0.647 bits per heavy atom. The first-order valence-electron chi connectivity index (χ1n) is 14.6. The molecule has 0 unspecified atom stereocenters. The van der Waals surface area contributed by atoms with Crippen molar-refractivity contribution in [2.75, 3.05) is 26.2 Å². The SMILES string of the molecule is CCCC[N+](CCCC)(CCCC)CCCC.CCCCc1cccc(C(=O)[O-])c1CCCC. The van der Waals surface area contributed by atoms with Gasteiger partial charge >= 0.3 is 0 Å². The van der Waals surface area contributed by atoms with Crippen molar-refractivity contribution in [2.24, 2.45) is 0 Å². The van der Waals surface area contributed by atoms with Crippen LogP contribution < -0.4 is 5.11 Å². The fourth-order valence-electron chi connectivity index (χ4n) is 4.72. The quantitative estimate of drug-likeness (QED) is 0.192. The van der Waals surface area contributed by atoms with Crippen LogP contribution in [0.2, 0.25) is 0 Å². The summed E-state index contributed by atoms with van der Waals surface area (Å²) >= 11 is 0. The number of quaternary nitrogens is 1. The lowest BCUT2D eigenvalue weighted by Crippen LogP contribution is -2.50. The van der Waals surface area contributed by atoms with Crippen molar-refractivity contribution < 1.29 is 14.4 Å². The van der Waals surface area contributed by atoms with Crippen LogP contribution in [0.25, 0.3) is 0 Å². The highest BCUT2D eigenvalue weighted by Gasteiger charge is 2.24. The third-order valence-electron chi connectivity index (χ3n) is 7.02. The van der Waals surface area contributed by atoms with E-state index in [0.717, 1.165) is 44.1 Å². The number of carboxylic acids is 1. The summed E-state index contributed by atoms with van der Waals surface area (Å²) in [6, 6.07) is 5.54. The van der Waals surface area contributed by atoms with Crippen LogP contribution in [0.15, 0.2) is 18.2 Å². The molecule has 0 aliphatic heterocycles. The smallest absolute Gasteiger partial charge is 0.0786 e. The highest BCUT2D eigenvalue weighted by molar-refractivity contribution is 5.88. The van der Waals surface area contributed by atoms with E-state index in [0.29, 0.717) is 5.56 Å². The zero-order valence-corrected chi connectivity index (χ0v) is 23.7. The number of nitrogens with zero attached hydrogens (tertiary/aromatic N) is 1. The Labute approximate surface area is 212 Å². The van der Waals surface area contributed by atoms with Crippen LogP contribution in [0.3, 0.4) is 0 Å². The highest BCUT2D eigenvalue weighted by Crippen LogP contribution is 2.20. The van der Waals surface area contributed by atoms with Crippen molar-refractivity contribution in [3.8, 4) is 0 Å². The van der Waals surface area contributed by atoms with Crippen molar-refractivity contribution in [3.05, 3.63) is 34.9 Å². The molecule has 0 saturated heterocycles. The lowest BCUT2D eigenvalue weighted by molar-refractivity contribution is -0.929. The Morgan fingerprint density at radius 2 is 1.06 bits per heavy atom. The minimum absolute atomic E-state index is 0.382. The number of aromatic carboxylic acids is 1. The number of rotatable bonds is 19. The standard InChI is InChI=1S/C16H36N.C15H22O2/c1-5-9-13-17(14-10-6-2,15-11-7-3)16-12-8-4;1-3-5-8-12-9-7-11-14(15(16)17)13(12)10-6-4-2/h5-16H2,1-4H3;7,9,11H,3-6,8,10H2,1-2H3,(H,16,17)/q+1;/p-1. The summed E-state index contributed by atoms with van der Waals surface area (Å²) in [4.78, 5) is 11.1. The lowest BCUT2D eigenvalue weighted by Gasteiger charge is -2.39. The second-order valence-corrected chi connectivity index (χ2v) is 10.1. The van der Waals surface area contributed by atoms with Gasteiger partial charge in [-0.25, -0.2) is 0 Å². The molecule has 0 heterocycles. The van der Waals surface area contributed by atoms with Gasteiger partial charge in [0, 0.05) is 5.56 Å². The van der Waals surface area contributed by atoms with Gasteiger partial charge in [0.1, 0.15) is 0 Å². The van der Waals surface area contributed by atoms with Gasteiger partial charge in [-0.2, -0.15) is 0 Å². The molecule has 1 rings (SSSR count). The molecule has 0 aliphatic carbocycles. The Morgan fingerprint density at radius 3 is 1.44 bits per heavy atom. The maximum atomic E-state index is 11.1. The molecule has 0 bridgehead atoms. The first-order chi connectivity index (χ1) is 16.4. The summed E-state index contributed by atoms with van der Waals surface area (Å²) in [6.07, 6.45) is 17.2. The van der Waals surface area contributed by atoms with E-state index in [1.807, 2.05) is 12.1 Å². The van der Waals surface area contributed by atoms with E-state index in [4.69, 9.17) is 0 Å². The molecule has 0 radical (unpaired) electrons. The monoisotopic (exact) mass is 475 g/mol. The number of benzene rings is 1. The zero-order chi connectivity index (χ0) is 25.7. The van der Waals surface area contributed by atoms with Crippen LogP contribution in [-0.2, 0) is 12.8 Å². The molecular weight excluding hydrogens is 418 g/mol. The number of hydrogen-bond donors (Lipinski definition) is 0. The van der Waals surface area contributed by atoms with Crippen LogP contribution in [-0.4, -0.2) is 36.6 Å². The third-order valence-corrected chi connectivity index (χ3v) is 7.02. The van der Waals surface area contributed by atoms with Crippen LogP contribution in [0.4, 0.5) is 0 Å². The van der Waals surface area contributed by atoms with Crippen LogP contribution in [0.1, 0.15) is 140 Å². The molecule has 34 heavy (non-hydrogen) atoms. The minimum Gasteiger partial charge on any atom is -0.545 e. The average molecular weight is 476 g/mol. The maximum absolute atomic E-state index is 11.1. The van der Waals surface area contributed by atoms with Crippen molar-refractivity contribution >= 4 is 5.97 Å². The molecule has 0 atom stereocenters. The minimum atomic E-state index is -1.05. The van der Waals surface area contributed by atoms with Crippen molar-refractivity contribution in [1.29, 1.82) is 0 Å². The average Bonchev–Trinajstić information content (AvgIpc) is 2.85. The molecule has 0 saturated carbocycles. The van der Waals surface area contributed by atoms with Gasteiger partial charge in [0.25, 0.3) is 0 Å². The Kier molecular flexibility index (Phi) is 20.1. The highest BCUT2D eigenvalue weighted by atomic mass is 16.4. The Bertz CT molecular complexity index is 588. The zero-order valence-electron chi connectivity index (χ0n) is 23.7. The van der Waals surface area contributed by atoms with E-state index >= 15 is 0 Å². The second-order valence-electron chi connectivity index (χ2n) is 10.1.